The number of halogens is 1. The summed E-state index contributed by atoms with van der Waals surface area (Å²) >= 11 is 0. The summed E-state index contributed by atoms with van der Waals surface area (Å²) in [6.07, 6.45) is 5.93. The molecule has 2 aliphatic carbocycles. The van der Waals surface area contributed by atoms with E-state index < -0.39 is 0 Å². The maximum Gasteiger partial charge on any atom is 0.225 e. The molecular formula is C22H32ClN3O2. The number of carbonyl (C=O) groups excluding carboxylic acids is 2. The minimum atomic E-state index is -0.236. The highest BCUT2D eigenvalue weighted by Crippen LogP contribution is 2.40. The van der Waals surface area contributed by atoms with E-state index in [9.17, 15) is 9.59 Å². The van der Waals surface area contributed by atoms with Gasteiger partial charge in [0, 0.05) is 25.0 Å². The van der Waals surface area contributed by atoms with Gasteiger partial charge in [0.15, 0.2) is 0 Å². The number of hydrogen-bond acceptors (Lipinski definition) is 3. The monoisotopic (exact) mass is 405 g/mol. The smallest absolute Gasteiger partial charge is 0.225 e. The predicted octanol–water partition coefficient (Wildman–Crippen LogP) is 3.04. The molecule has 6 heteroatoms. The maximum atomic E-state index is 13.0. The van der Waals surface area contributed by atoms with E-state index in [-0.39, 0.29) is 48.3 Å². The summed E-state index contributed by atoms with van der Waals surface area (Å²) in [7, 11) is 0. The molecule has 1 aromatic rings. The minimum Gasteiger partial charge on any atom is -0.353 e. The first-order chi connectivity index (χ1) is 13.0. The Labute approximate surface area is 173 Å². The molecule has 2 amide bonds. The number of carbonyl (C=O) groups is 2. The van der Waals surface area contributed by atoms with Gasteiger partial charge >= 0.3 is 0 Å². The van der Waals surface area contributed by atoms with Crippen LogP contribution in [0.5, 0.6) is 0 Å². The molecule has 4 unspecified atom stereocenters. The predicted molar refractivity (Wildman–Crippen MR) is 112 cm³/mol. The highest BCUT2D eigenvalue weighted by atomic mass is 35.5. The van der Waals surface area contributed by atoms with Crippen LogP contribution >= 0.6 is 12.4 Å². The summed E-state index contributed by atoms with van der Waals surface area (Å²) in [5, 5.41) is 3.33. The van der Waals surface area contributed by atoms with Gasteiger partial charge in [-0.3, -0.25) is 9.59 Å². The average molecular weight is 406 g/mol. The lowest BCUT2D eigenvalue weighted by atomic mass is 9.67. The van der Waals surface area contributed by atoms with Crippen molar-refractivity contribution in [1.82, 2.24) is 10.2 Å². The summed E-state index contributed by atoms with van der Waals surface area (Å²) in [5.74, 6) is 0.918. The molecular weight excluding hydrogens is 374 g/mol. The molecule has 3 fully saturated rings. The summed E-state index contributed by atoms with van der Waals surface area (Å²) in [5.41, 5.74) is 7.31. The van der Waals surface area contributed by atoms with E-state index in [1.54, 1.807) is 0 Å². The second-order valence-corrected chi connectivity index (χ2v) is 8.75. The van der Waals surface area contributed by atoms with Gasteiger partial charge in [0.25, 0.3) is 0 Å². The SMILES string of the molecule is CC(c1ccccc1)N1CC(C(=O)NC2C3CCCC2CC(N)C3)CC1=O.Cl. The minimum absolute atomic E-state index is 0. The van der Waals surface area contributed by atoms with Crippen molar-refractivity contribution in [3.63, 3.8) is 0 Å². The normalized spacial score (nSPS) is 33.1. The van der Waals surface area contributed by atoms with Gasteiger partial charge in [-0.15, -0.1) is 12.4 Å². The number of likely N-dealkylation sites (tertiary alicyclic amines) is 1. The zero-order chi connectivity index (χ0) is 19.0. The number of benzene rings is 1. The van der Waals surface area contributed by atoms with Gasteiger partial charge in [0.2, 0.25) is 11.8 Å². The van der Waals surface area contributed by atoms with Gasteiger partial charge in [-0.05, 0) is 50.0 Å². The van der Waals surface area contributed by atoms with Crippen LogP contribution in [0.15, 0.2) is 30.3 Å². The molecule has 4 atom stereocenters. The highest BCUT2D eigenvalue weighted by molar-refractivity contribution is 5.89. The van der Waals surface area contributed by atoms with Crippen LogP contribution in [0.3, 0.4) is 0 Å². The lowest BCUT2D eigenvalue weighted by Gasteiger charge is -2.45. The van der Waals surface area contributed by atoms with Crippen molar-refractivity contribution in [3.05, 3.63) is 35.9 Å². The summed E-state index contributed by atoms with van der Waals surface area (Å²) in [4.78, 5) is 27.4. The van der Waals surface area contributed by atoms with Gasteiger partial charge in [-0.25, -0.2) is 0 Å². The standard InChI is InChI=1S/C22H31N3O2.ClH/c1-14(15-6-3-2-4-7-15)25-13-18(12-20(25)26)22(27)24-21-16-8-5-9-17(21)11-19(23)10-16;/h2-4,6-7,14,16-19,21H,5,8-13,23H2,1H3,(H,24,27);1H. The summed E-state index contributed by atoms with van der Waals surface area (Å²) < 4.78 is 0. The second kappa shape index (κ2) is 8.83. The number of hydrogen-bond donors (Lipinski definition) is 2. The highest BCUT2D eigenvalue weighted by Gasteiger charge is 2.42. The van der Waals surface area contributed by atoms with E-state index in [4.69, 9.17) is 5.73 Å². The van der Waals surface area contributed by atoms with Crippen LogP contribution in [0.4, 0.5) is 0 Å². The Bertz CT molecular complexity index is 684. The lowest BCUT2D eigenvalue weighted by molar-refractivity contribution is -0.130. The second-order valence-electron chi connectivity index (χ2n) is 8.75. The molecule has 5 nitrogen and oxygen atoms in total. The number of fused-ring (bicyclic) bond motifs is 2. The van der Waals surface area contributed by atoms with Crippen molar-refractivity contribution in [2.24, 2.45) is 23.5 Å². The molecule has 1 saturated heterocycles. The topological polar surface area (TPSA) is 75.4 Å². The molecule has 0 aromatic heterocycles. The Balaban J connectivity index is 0.00000225. The van der Waals surface area contributed by atoms with Crippen LogP contribution in [0.2, 0.25) is 0 Å². The third-order valence-corrected chi connectivity index (χ3v) is 6.96. The van der Waals surface area contributed by atoms with E-state index in [2.05, 4.69) is 5.32 Å². The van der Waals surface area contributed by atoms with Gasteiger partial charge in [-0.1, -0.05) is 36.8 Å². The third-order valence-electron chi connectivity index (χ3n) is 6.96. The molecule has 1 aliphatic heterocycles. The van der Waals surface area contributed by atoms with Crippen molar-refractivity contribution in [2.75, 3.05) is 6.54 Å². The van der Waals surface area contributed by atoms with E-state index in [1.165, 1.54) is 6.42 Å². The van der Waals surface area contributed by atoms with E-state index in [1.807, 2.05) is 42.2 Å². The van der Waals surface area contributed by atoms with Crippen molar-refractivity contribution >= 4 is 24.2 Å². The fraction of sp³-hybridized carbons (Fsp3) is 0.636. The molecule has 3 aliphatic rings. The number of nitrogens with zero attached hydrogens (tertiary/aromatic N) is 1. The van der Waals surface area contributed by atoms with Crippen LogP contribution in [0.1, 0.15) is 57.1 Å². The first kappa shape index (κ1) is 21.1. The first-order valence-electron chi connectivity index (χ1n) is 10.4. The molecule has 28 heavy (non-hydrogen) atoms. The Morgan fingerprint density at radius 3 is 2.46 bits per heavy atom. The van der Waals surface area contributed by atoms with E-state index >= 15 is 0 Å². The van der Waals surface area contributed by atoms with Crippen molar-refractivity contribution < 1.29 is 9.59 Å². The number of rotatable bonds is 4. The number of amides is 2. The fourth-order valence-electron chi connectivity index (χ4n) is 5.50. The van der Waals surface area contributed by atoms with Crippen molar-refractivity contribution in [1.29, 1.82) is 0 Å². The third kappa shape index (κ3) is 4.20. The Morgan fingerprint density at radius 1 is 1.18 bits per heavy atom. The van der Waals surface area contributed by atoms with E-state index in [0.717, 1.165) is 31.2 Å². The molecule has 2 saturated carbocycles. The molecule has 4 rings (SSSR count). The van der Waals surface area contributed by atoms with Crippen LogP contribution < -0.4 is 11.1 Å². The first-order valence-corrected chi connectivity index (χ1v) is 10.4. The zero-order valence-electron chi connectivity index (χ0n) is 16.5. The molecule has 2 bridgehead atoms. The number of nitrogens with two attached hydrogens (primary N) is 1. The fourth-order valence-corrected chi connectivity index (χ4v) is 5.50. The molecule has 0 spiro atoms. The van der Waals surface area contributed by atoms with E-state index in [0.29, 0.717) is 24.8 Å². The van der Waals surface area contributed by atoms with Crippen LogP contribution in [-0.4, -0.2) is 35.3 Å². The Morgan fingerprint density at radius 2 is 1.82 bits per heavy atom. The molecule has 154 valence electrons. The van der Waals surface area contributed by atoms with Crippen LogP contribution in [-0.2, 0) is 9.59 Å². The molecule has 0 radical (unpaired) electrons. The Hall–Kier alpha value is -1.59. The van der Waals surface area contributed by atoms with Gasteiger partial charge in [0.1, 0.15) is 0 Å². The quantitative estimate of drug-likeness (QED) is 0.808. The number of nitrogens with one attached hydrogen (secondary N) is 1. The average Bonchev–Trinajstić information content (AvgIpc) is 3.04. The van der Waals surface area contributed by atoms with Crippen molar-refractivity contribution in [2.45, 2.75) is 63.6 Å². The summed E-state index contributed by atoms with van der Waals surface area (Å²) in [6.45, 7) is 2.56. The lowest BCUT2D eigenvalue weighted by Crippen LogP contribution is -2.54. The summed E-state index contributed by atoms with van der Waals surface area (Å²) in [6, 6.07) is 10.6. The van der Waals surface area contributed by atoms with Gasteiger partial charge in [-0.2, -0.15) is 0 Å². The van der Waals surface area contributed by atoms with Crippen LogP contribution in [0.25, 0.3) is 0 Å². The Kier molecular flexibility index (Phi) is 6.66. The molecule has 3 N–H and O–H groups in total. The largest absolute Gasteiger partial charge is 0.353 e. The van der Waals surface area contributed by atoms with Crippen LogP contribution in [0, 0.1) is 17.8 Å². The van der Waals surface area contributed by atoms with Gasteiger partial charge < -0.3 is 16.0 Å². The maximum absolute atomic E-state index is 13.0. The van der Waals surface area contributed by atoms with Crippen molar-refractivity contribution in [3.8, 4) is 0 Å². The van der Waals surface area contributed by atoms with Gasteiger partial charge in [0.05, 0.1) is 12.0 Å². The molecule has 1 aromatic carbocycles. The zero-order valence-corrected chi connectivity index (χ0v) is 17.4. The molecule has 1 heterocycles.